The molecule has 0 unspecified atom stereocenters. The van der Waals surface area contributed by atoms with E-state index in [1.807, 2.05) is 13.8 Å². The van der Waals surface area contributed by atoms with Crippen LogP contribution in [-0.2, 0) is 14.2 Å². The van der Waals surface area contributed by atoms with E-state index in [-0.39, 0.29) is 18.3 Å². The molecule has 2 fully saturated rings. The SMILES string of the molecule is CCCCCC[C@@H]1O[C@@H]1[C@H](O)[C@H]1COC(C)(C)O1. The Balaban J connectivity index is 1.65. The first-order valence-electron chi connectivity index (χ1n) is 7.19. The fourth-order valence-corrected chi connectivity index (χ4v) is 2.56. The van der Waals surface area contributed by atoms with Crippen LogP contribution >= 0.6 is 0 Å². The van der Waals surface area contributed by atoms with E-state index in [0.717, 1.165) is 6.42 Å². The average Bonchev–Trinajstić information content (AvgIpc) is 3.00. The van der Waals surface area contributed by atoms with Crippen LogP contribution in [0.15, 0.2) is 0 Å². The largest absolute Gasteiger partial charge is 0.387 e. The monoisotopic (exact) mass is 258 g/mol. The maximum absolute atomic E-state index is 10.2. The molecule has 0 radical (unpaired) electrons. The van der Waals surface area contributed by atoms with Crippen LogP contribution in [-0.4, -0.2) is 41.9 Å². The van der Waals surface area contributed by atoms with Gasteiger partial charge in [0.25, 0.3) is 0 Å². The predicted molar refractivity (Wildman–Crippen MR) is 68.3 cm³/mol. The van der Waals surface area contributed by atoms with Crippen molar-refractivity contribution in [1.82, 2.24) is 0 Å². The fraction of sp³-hybridized carbons (Fsp3) is 1.00. The van der Waals surface area contributed by atoms with Gasteiger partial charge in [0, 0.05) is 0 Å². The van der Waals surface area contributed by atoms with E-state index in [0.29, 0.717) is 6.61 Å². The van der Waals surface area contributed by atoms with Gasteiger partial charge in [0.15, 0.2) is 5.79 Å². The van der Waals surface area contributed by atoms with Crippen molar-refractivity contribution in [3.63, 3.8) is 0 Å². The lowest BCUT2D eigenvalue weighted by Gasteiger charge is -2.19. The number of hydrogen-bond donors (Lipinski definition) is 1. The van der Waals surface area contributed by atoms with Crippen molar-refractivity contribution in [2.75, 3.05) is 6.61 Å². The summed E-state index contributed by atoms with van der Waals surface area (Å²) in [6.45, 7) is 6.40. The summed E-state index contributed by atoms with van der Waals surface area (Å²) in [5.41, 5.74) is 0. The second-order valence-electron chi connectivity index (χ2n) is 5.85. The Kier molecular flexibility index (Phi) is 4.64. The molecular formula is C14H26O4. The normalized spacial score (nSPS) is 35.7. The Bertz CT molecular complexity index is 267. The molecule has 2 rings (SSSR count). The molecule has 2 aliphatic rings. The lowest BCUT2D eigenvalue weighted by molar-refractivity contribution is -0.152. The van der Waals surface area contributed by atoms with E-state index < -0.39 is 11.9 Å². The highest BCUT2D eigenvalue weighted by Gasteiger charge is 2.50. The molecule has 2 heterocycles. The van der Waals surface area contributed by atoms with Gasteiger partial charge in [-0.3, -0.25) is 0 Å². The van der Waals surface area contributed by atoms with Crippen molar-refractivity contribution in [1.29, 1.82) is 0 Å². The summed E-state index contributed by atoms with van der Waals surface area (Å²) in [6.07, 6.45) is 5.42. The molecule has 18 heavy (non-hydrogen) atoms. The van der Waals surface area contributed by atoms with Gasteiger partial charge in [0.2, 0.25) is 0 Å². The number of unbranched alkanes of at least 4 members (excludes halogenated alkanes) is 3. The number of aliphatic hydroxyl groups excluding tert-OH is 1. The van der Waals surface area contributed by atoms with Crippen LogP contribution in [0.1, 0.15) is 52.9 Å². The van der Waals surface area contributed by atoms with Crippen molar-refractivity contribution in [2.45, 2.75) is 83.1 Å². The third kappa shape index (κ3) is 3.67. The van der Waals surface area contributed by atoms with Gasteiger partial charge in [0.1, 0.15) is 18.3 Å². The van der Waals surface area contributed by atoms with Gasteiger partial charge >= 0.3 is 0 Å². The summed E-state index contributed by atoms with van der Waals surface area (Å²) in [4.78, 5) is 0. The minimum atomic E-state index is -0.572. The summed E-state index contributed by atoms with van der Waals surface area (Å²) >= 11 is 0. The van der Waals surface area contributed by atoms with Crippen LogP contribution in [0.25, 0.3) is 0 Å². The number of rotatable bonds is 7. The Labute approximate surface area is 110 Å². The standard InChI is InChI=1S/C14H26O4/c1-4-5-6-7-8-10-13(17-10)12(15)11-9-16-14(2,3)18-11/h10-13,15H,4-9H2,1-3H3/t10-,11+,12+,13-/m0/s1. The topological polar surface area (TPSA) is 51.2 Å². The van der Waals surface area contributed by atoms with Gasteiger partial charge < -0.3 is 19.3 Å². The maximum atomic E-state index is 10.2. The fourth-order valence-electron chi connectivity index (χ4n) is 2.56. The number of epoxide rings is 1. The quantitative estimate of drug-likeness (QED) is 0.562. The van der Waals surface area contributed by atoms with Crippen LogP contribution in [0.5, 0.6) is 0 Å². The van der Waals surface area contributed by atoms with E-state index in [4.69, 9.17) is 14.2 Å². The first-order valence-corrected chi connectivity index (χ1v) is 7.19. The van der Waals surface area contributed by atoms with Crippen LogP contribution in [0, 0.1) is 0 Å². The molecule has 0 aromatic carbocycles. The van der Waals surface area contributed by atoms with Gasteiger partial charge in [-0.25, -0.2) is 0 Å². The zero-order valence-corrected chi connectivity index (χ0v) is 11.7. The molecule has 0 saturated carbocycles. The van der Waals surface area contributed by atoms with Gasteiger partial charge in [-0.15, -0.1) is 0 Å². The smallest absolute Gasteiger partial charge is 0.163 e. The zero-order chi connectivity index (χ0) is 13.2. The minimum Gasteiger partial charge on any atom is -0.387 e. The molecule has 0 aromatic heterocycles. The summed E-state index contributed by atoms with van der Waals surface area (Å²) < 4.78 is 16.7. The van der Waals surface area contributed by atoms with E-state index >= 15 is 0 Å². The summed E-state index contributed by atoms with van der Waals surface area (Å²) in [5.74, 6) is -0.572. The molecule has 0 amide bonds. The van der Waals surface area contributed by atoms with Gasteiger partial charge in [-0.05, 0) is 20.3 Å². The Morgan fingerprint density at radius 1 is 1.28 bits per heavy atom. The molecule has 0 bridgehead atoms. The Hall–Kier alpha value is -0.160. The maximum Gasteiger partial charge on any atom is 0.163 e. The first kappa shape index (κ1) is 14.3. The van der Waals surface area contributed by atoms with E-state index in [1.165, 1.54) is 25.7 Å². The molecule has 0 aromatic rings. The molecular weight excluding hydrogens is 232 g/mol. The molecule has 2 saturated heterocycles. The molecule has 0 spiro atoms. The van der Waals surface area contributed by atoms with Crippen LogP contribution in [0.3, 0.4) is 0 Å². The van der Waals surface area contributed by atoms with Crippen LogP contribution in [0.2, 0.25) is 0 Å². The van der Waals surface area contributed by atoms with Gasteiger partial charge in [-0.2, -0.15) is 0 Å². The summed E-state index contributed by atoms with van der Waals surface area (Å²) in [7, 11) is 0. The molecule has 1 N–H and O–H groups in total. The second kappa shape index (κ2) is 5.87. The van der Waals surface area contributed by atoms with Gasteiger partial charge in [0.05, 0.1) is 12.7 Å². The highest BCUT2D eigenvalue weighted by molar-refractivity contribution is 4.95. The zero-order valence-electron chi connectivity index (χ0n) is 11.7. The van der Waals surface area contributed by atoms with Gasteiger partial charge in [-0.1, -0.05) is 32.6 Å². The lowest BCUT2D eigenvalue weighted by Crippen LogP contribution is -2.35. The van der Waals surface area contributed by atoms with Crippen molar-refractivity contribution in [3.05, 3.63) is 0 Å². The lowest BCUT2D eigenvalue weighted by atomic mass is 10.0. The highest BCUT2D eigenvalue weighted by atomic mass is 16.7. The molecule has 4 atom stereocenters. The molecule has 4 nitrogen and oxygen atoms in total. The average molecular weight is 258 g/mol. The van der Waals surface area contributed by atoms with Crippen molar-refractivity contribution in [2.24, 2.45) is 0 Å². The second-order valence-corrected chi connectivity index (χ2v) is 5.85. The summed E-state index contributed by atoms with van der Waals surface area (Å²) in [5, 5.41) is 10.2. The van der Waals surface area contributed by atoms with Crippen molar-refractivity contribution < 1.29 is 19.3 Å². The number of aliphatic hydroxyl groups is 1. The van der Waals surface area contributed by atoms with Crippen molar-refractivity contribution >= 4 is 0 Å². The molecule has 0 aliphatic carbocycles. The number of hydrogen-bond acceptors (Lipinski definition) is 4. The molecule has 106 valence electrons. The molecule has 2 aliphatic heterocycles. The summed E-state index contributed by atoms with van der Waals surface area (Å²) in [6, 6.07) is 0. The van der Waals surface area contributed by atoms with Crippen LogP contribution in [0.4, 0.5) is 0 Å². The third-order valence-corrected chi connectivity index (χ3v) is 3.71. The Morgan fingerprint density at radius 2 is 2.06 bits per heavy atom. The predicted octanol–water partition coefficient (Wildman–Crippen LogP) is 2.24. The first-order chi connectivity index (χ1) is 8.53. The van der Waals surface area contributed by atoms with E-state index in [9.17, 15) is 5.11 Å². The van der Waals surface area contributed by atoms with E-state index in [1.54, 1.807) is 0 Å². The molecule has 4 heteroatoms. The number of ether oxygens (including phenoxy) is 3. The van der Waals surface area contributed by atoms with Crippen LogP contribution < -0.4 is 0 Å². The van der Waals surface area contributed by atoms with E-state index in [2.05, 4.69) is 6.92 Å². The van der Waals surface area contributed by atoms with Crippen molar-refractivity contribution in [3.8, 4) is 0 Å². The minimum absolute atomic E-state index is 0.0471. The third-order valence-electron chi connectivity index (χ3n) is 3.71. The highest BCUT2D eigenvalue weighted by Crippen LogP contribution is 2.35. The Morgan fingerprint density at radius 3 is 2.67 bits per heavy atom.